The zero-order valence-corrected chi connectivity index (χ0v) is 16.2. The SMILES string of the molecule is CCCCCCn1nc(C(=O)Nc2ccc(F)cc2C)c2ccccc2c1=O. The largest absolute Gasteiger partial charge is 0.320 e. The standard InChI is InChI=1S/C22H24FN3O2/c1-3-4-5-8-13-26-22(28)18-10-7-6-9-17(18)20(25-26)21(27)24-19-12-11-16(23)14-15(19)2/h6-7,9-12,14H,3-5,8,13H2,1-2H3,(H,24,27). The Morgan fingerprint density at radius 2 is 1.86 bits per heavy atom. The van der Waals surface area contributed by atoms with Gasteiger partial charge < -0.3 is 5.32 Å². The van der Waals surface area contributed by atoms with E-state index in [4.69, 9.17) is 0 Å². The molecule has 1 N–H and O–H groups in total. The van der Waals surface area contributed by atoms with E-state index in [0.29, 0.717) is 28.6 Å². The minimum absolute atomic E-state index is 0.189. The van der Waals surface area contributed by atoms with E-state index in [1.807, 2.05) is 0 Å². The van der Waals surface area contributed by atoms with Gasteiger partial charge in [0.2, 0.25) is 0 Å². The van der Waals surface area contributed by atoms with Crippen LogP contribution in [0.15, 0.2) is 47.3 Å². The molecule has 28 heavy (non-hydrogen) atoms. The first-order valence-corrected chi connectivity index (χ1v) is 9.58. The summed E-state index contributed by atoms with van der Waals surface area (Å²) in [5.74, 6) is -0.784. The molecule has 2 aromatic carbocycles. The maximum atomic E-state index is 13.3. The summed E-state index contributed by atoms with van der Waals surface area (Å²) in [6.07, 6.45) is 4.04. The van der Waals surface area contributed by atoms with Crippen LogP contribution in [0.3, 0.4) is 0 Å². The molecule has 0 aliphatic heterocycles. The molecule has 5 nitrogen and oxygen atoms in total. The predicted molar refractivity (Wildman–Crippen MR) is 109 cm³/mol. The number of nitrogens with zero attached hydrogens (tertiary/aromatic N) is 2. The van der Waals surface area contributed by atoms with Crippen molar-refractivity contribution >= 4 is 22.4 Å². The molecule has 0 bridgehead atoms. The molecule has 146 valence electrons. The van der Waals surface area contributed by atoms with E-state index in [1.165, 1.54) is 22.9 Å². The molecule has 0 saturated carbocycles. The van der Waals surface area contributed by atoms with Crippen LogP contribution < -0.4 is 10.9 Å². The highest BCUT2D eigenvalue weighted by molar-refractivity contribution is 6.11. The van der Waals surface area contributed by atoms with Crippen molar-refractivity contribution in [3.05, 3.63) is 69.9 Å². The summed E-state index contributed by atoms with van der Waals surface area (Å²) in [6.45, 7) is 4.32. The fourth-order valence-electron chi connectivity index (χ4n) is 3.19. The second-order valence-electron chi connectivity index (χ2n) is 6.90. The molecule has 1 amide bonds. The van der Waals surface area contributed by atoms with E-state index in [1.54, 1.807) is 31.2 Å². The first-order chi connectivity index (χ1) is 13.5. The minimum atomic E-state index is -0.423. The zero-order valence-electron chi connectivity index (χ0n) is 16.2. The Labute approximate surface area is 163 Å². The summed E-state index contributed by atoms with van der Waals surface area (Å²) in [6, 6.07) is 11.1. The Balaban J connectivity index is 1.97. The number of anilines is 1. The summed E-state index contributed by atoms with van der Waals surface area (Å²) in [5, 5.41) is 8.12. The van der Waals surface area contributed by atoms with Crippen LogP contribution >= 0.6 is 0 Å². The van der Waals surface area contributed by atoms with Crippen molar-refractivity contribution in [3.63, 3.8) is 0 Å². The van der Waals surface area contributed by atoms with Crippen LogP contribution in [0, 0.1) is 12.7 Å². The number of carbonyl (C=O) groups is 1. The van der Waals surface area contributed by atoms with E-state index in [9.17, 15) is 14.0 Å². The van der Waals surface area contributed by atoms with Gasteiger partial charge in [0, 0.05) is 17.6 Å². The molecule has 0 aliphatic carbocycles. The van der Waals surface area contributed by atoms with Gasteiger partial charge in [-0.2, -0.15) is 5.10 Å². The van der Waals surface area contributed by atoms with E-state index >= 15 is 0 Å². The zero-order chi connectivity index (χ0) is 20.1. The molecule has 3 aromatic rings. The lowest BCUT2D eigenvalue weighted by Crippen LogP contribution is -2.28. The van der Waals surface area contributed by atoms with Crippen molar-refractivity contribution in [2.45, 2.75) is 46.1 Å². The second-order valence-corrected chi connectivity index (χ2v) is 6.90. The quantitative estimate of drug-likeness (QED) is 0.605. The van der Waals surface area contributed by atoms with Crippen molar-refractivity contribution in [1.29, 1.82) is 0 Å². The Morgan fingerprint density at radius 3 is 2.57 bits per heavy atom. The van der Waals surface area contributed by atoms with Crippen LogP contribution in [-0.4, -0.2) is 15.7 Å². The summed E-state index contributed by atoms with van der Waals surface area (Å²) >= 11 is 0. The van der Waals surface area contributed by atoms with E-state index in [2.05, 4.69) is 17.3 Å². The van der Waals surface area contributed by atoms with E-state index in [-0.39, 0.29) is 17.1 Å². The number of fused-ring (bicyclic) bond motifs is 1. The molecule has 3 rings (SSSR count). The normalized spacial score (nSPS) is 11.0. The summed E-state index contributed by atoms with van der Waals surface area (Å²) in [4.78, 5) is 25.7. The molecule has 0 aliphatic rings. The Kier molecular flexibility index (Phi) is 6.19. The number of hydrogen-bond donors (Lipinski definition) is 1. The van der Waals surface area contributed by atoms with Crippen LogP contribution in [0.2, 0.25) is 0 Å². The van der Waals surface area contributed by atoms with Crippen molar-refractivity contribution in [3.8, 4) is 0 Å². The number of benzene rings is 2. The third-order valence-corrected chi connectivity index (χ3v) is 4.74. The molecule has 0 radical (unpaired) electrons. The molecule has 6 heteroatoms. The van der Waals surface area contributed by atoms with Gasteiger partial charge in [-0.25, -0.2) is 9.07 Å². The van der Waals surface area contributed by atoms with Gasteiger partial charge in [-0.1, -0.05) is 44.4 Å². The fraction of sp³-hybridized carbons (Fsp3) is 0.318. The van der Waals surface area contributed by atoms with Gasteiger partial charge in [-0.15, -0.1) is 0 Å². The molecule has 0 unspecified atom stereocenters. The number of unbranched alkanes of at least 4 members (excludes halogenated alkanes) is 3. The number of halogens is 1. The molecule has 0 spiro atoms. The van der Waals surface area contributed by atoms with Gasteiger partial charge in [0.25, 0.3) is 11.5 Å². The Morgan fingerprint density at radius 1 is 1.11 bits per heavy atom. The average Bonchev–Trinajstić information content (AvgIpc) is 2.69. The molecule has 0 fully saturated rings. The lowest BCUT2D eigenvalue weighted by Gasteiger charge is -2.12. The highest BCUT2D eigenvalue weighted by Gasteiger charge is 2.17. The predicted octanol–water partition coefficient (Wildman–Crippen LogP) is 4.68. The van der Waals surface area contributed by atoms with Gasteiger partial charge in [-0.05, 0) is 43.2 Å². The highest BCUT2D eigenvalue weighted by Crippen LogP contribution is 2.19. The number of aromatic nitrogens is 2. The number of amides is 1. The van der Waals surface area contributed by atoms with Gasteiger partial charge in [-0.3, -0.25) is 9.59 Å². The van der Waals surface area contributed by atoms with Gasteiger partial charge in [0.1, 0.15) is 5.82 Å². The molecular weight excluding hydrogens is 357 g/mol. The molecular formula is C22H24FN3O2. The number of nitrogens with one attached hydrogen (secondary N) is 1. The summed E-state index contributed by atoms with van der Waals surface area (Å²) in [5.41, 5.74) is 1.12. The average molecular weight is 381 g/mol. The molecule has 1 aromatic heterocycles. The van der Waals surface area contributed by atoms with Gasteiger partial charge >= 0.3 is 0 Å². The van der Waals surface area contributed by atoms with Crippen LogP contribution in [0.5, 0.6) is 0 Å². The lowest BCUT2D eigenvalue weighted by molar-refractivity contribution is 0.102. The monoisotopic (exact) mass is 381 g/mol. The number of aryl methyl sites for hydroxylation is 2. The maximum absolute atomic E-state index is 13.3. The van der Waals surface area contributed by atoms with Gasteiger partial charge in [0.15, 0.2) is 5.69 Å². The summed E-state index contributed by atoms with van der Waals surface area (Å²) < 4.78 is 14.7. The van der Waals surface area contributed by atoms with Crippen LogP contribution in [0.25, 0.3) is 10.8 Å². The first kappa shape index (κ1) is 19.7. The summed E-state index contributed by atoms with van der Waals surface area (Å²) in [7, 11) is 0. The molecule has 0 saturated heterocycles. The van der Waals surface area contributed by atoms with Crippen LogP contribution in [0.4, 0.5) is 10.1 Å². The first-order valence-electron chi connectivity index (χ1n) is 9.58. The number of hydrogen-bond acceptors (Lipinski definition) is 3. The van der Waals surface area contributed by atoms with Gasteiger partial charge in [0.05, 0.1) is 5.39 Å². The van der Waals surface area contributed by atoms with Crippen LogP contribution in [0.1, 0.15) is 48.7 Å². The number of rotatable bonds is 7. The van der Waals surface area contributed by atoms with Crippen molar-refractivity contribution in [2.24, 2.45) is 0 Å². The molecule has 1 heterocycles. The third kappa shape index (κ3) is 4.27. The fourth-order valence-corrected chi connectivity index (χ4v) is 3.19. The van der Waals surface area contributed by atoms with Crippen molar-refractivity contribution < 1.29 is 9.18 Å². The van der Waals surface area contributed by atoms with E-state index < -0.39 is 5.91 Å². The number of carbonyl (C=O) groups excluding carboxylic acids is 1. The highest BCUT2D eigenvalue weighted by atomic mass is 19.1. The lowest BCUT2D eigenvalue weighted by atomic mass is 10.1. The third-order valence-electron chi connectivity index (χ3n) is 4.74. The topological polar surface area (TPSA) is 64.0 Å². The maximum Gasteiger partial charge on any atom is 0.276 e. The molecule has 0 atom stereocenters. The Hall–Kier alpha value is -3.02. The second kappa shape index (κ2) is 8.78. The van der Waals surface area contributed by atoms with Crippen LogP contribution in [-0.2, 0) is 6.54 Å². The Bertz CT molecular complexity index is 1060. The van der Waals surface area contributed by atoms with Crippen molar-refractivity contribution in [1.82, 2.24) is 9.78 Å². The van der Waals surface area contributed by atoms with Crippen molar-refractivity contribution in [2.75, 3.05) is 5.32 Å². The smallest absolute Gasteiger partial charge is 0.276 e. The van der Waals surface area contributed by atoms with E-state index in [0.717, 1.165) is 25.7 Å². The minimum Gasteiger partial charge on any atom is -0.320 e.